The van der Waals surface area contributed by atoms with Crippen LogP contribution in [-0.2, 0) is 0 Å². The van der Waals surface area contributed by atoms with Gasteiger partial charge in [-0.25, -0.2) is 0 Å². The third kappa shape index (κ3) is 4.12. The van der Waals surface area contributed by atoms with Crippen LogP contribution in [0, 0.1) is 5.92 Å². The van der Waals surface area contributed by atoms with Crippen molar-refractivity contribution in [3.05, 3.63) is 29.3 Å². The molecule has 19 heavy (non-hydrogen) atoms. The van der Waals surface area contributed by atoms with Gasteiger partial charge in [0.15, 0.2) is 0 Å². The second kappa shape index (κ2) is 7.16. The van der Waals surface area contributed by atoms with Gasteiger partial charge in [-0.3, -0.25) is 0 Å². The Morgan fingerprint density at radius 2 is 2.11 bits per heavy atom. The van der Waals surface area contributed by atoms with Crippen molar-refractivity contribution in [2.24, 2.45) is 5.92 Å². The second-order valence-corrected chi connectivity index (χ2v) is 5.97. The summed E-state index contributed by atoms with van der Waals surface area (Å²) in [6, 6.07) is 8.20. The van der Waals surface area contributed by atoms with Crippen LogP contribution in [-0.4, -0.2) is 18.7 Å². The standard InChI is InChI=1S/C16H24ClNO/c1-3-10-18-14-9-8-12(2)11-16(14)19-15-7-5-4-6-13(15)17/h4-7,12,14,16,18H,3,8-11H2,1-2H3. The van der Waals surface area contributed by atoms with Crippen molar-refractivity contribution in [3.63, 3.8) is 0 Å². The molecular weight excluding hydrogens is 258 g/mol. The summed E-state index contributed by atoms with van der Waals surface area (Å²) in [6.45, 7) is 5.56. The van der Waals surface area contributed by atoms with E-state index < -0.39 is 0 Å². The van der Waals surface area contributed by atoms with Crippen molar-refractivity contribution >= 4 is 11.6 Å². The molecule has 1 N–H and O–H groups in total. The molecule has 0 spiro atoms. The second-order valence-electron chi connectivity index (χ2n) is 5.57. The maximum absolute atomic E-state index is 6.19. The first-order chi connectivity index (χ1) is 9.20. The van der Waals surface area contributed by atoms with Gasteiger partial charge >= 0.3 is 0 Å². The maximum Gasteiger partial charge on any atom is 0.138 e. The average Bonchev–Trinajstić information content (AvgIpc) is 2.40. The van der Waals surface area contributed by atoms with E-state index in [1.165, 1.54) is 12.8 Å². The number of hydrogen-bond acceptors (Lipinski definition) is 2. The molecule has 3 atom stereocenters. The minimum Gasteiger partial charge on any atom is -0.487 e. The summed E-state index contributed by atoms with van der Waals surface area (Å²) in [5.74, 6) is 1.54. The van der Waals surface area contributed by atoms with Crippen molar-refractivity contribution in [1.82, 2.24) is 5.32 Å². The molecule has 106 valence electrons. The molecule has 0 amide bonds. The molecule has 2 nitrogen and oxygen atoms in total. The average molecular weight is 282 g/mol. The normalized spacial score (nSPS) is 27.2. The number of rotatable bonds is 5. The van der Waals surface area contributed by atoms with Gasteiger partial charge in [-0.05, 0) is 50.3 Å². The fourth-order valence-corrected chi connectivity index (χ4v) is 2.91. The van der Waals surface area contributed by atoms with Crippen LogP contribution in [0.15, 0.2) is 24.3 Å². The molecule has 1 aromatic carbocycles. The maximum atomic E-state index is 6.19. The largest absolute Gasteiger partial charge is 0.487 e. The quantitative estimate of drug-likeness (QED) is 0.870. The van der Waals surface area contributed by atoms with Gasteiger partial charge in [0.1, 0.15) is 11.9 Å². The lowest BCUT2D eigenvalue weighted by Gasteiger charge is -2.35. The number of nitrogens with one attached hydrogen (secondary N) is 1. The molecule has 1 fully saturated rings. The molecule has 1 aliphatic rings. The van der Waals surface area contributed by atoms with Gasteiger partial charge in [-0.2, -0.15) is 0 Å². The summed E-state index contributed by atoms with van der Waals surface area (Å²) in [6.07, 6.45) is 4.97. The lowest BCUT2D eigenvalue weighted by molar-refractivity contribution is 0.0910. The highest BCUT2D eigenvalue weighted by atomic mass is 35.5. The van der Waals surface area contributed by atoms with E-state index in [2.05, 4.69) is 19.2 Å². The molecule has 3 heteroatoms. The molecule has 0 bridgehead atoms. The van der Waals surface area contributed by atoms with Crippen LogP contribution in [0.2, 0.25) is 5.02 Å². The highest BCUT2D eigenvalue weighted by Crippen LogP contribution is 2.31. The van der Waals surface area contributed by atoms with E-state index in [1.807, 2.05) is 24.3 Å². The lowest BCUT2D eigenvalue weighted by Crippen LogP contribution is -2.47. The van der Waals surface area contributed by atoms with Crippen molar-refractivity contribution in [2.45, 2.75) is 51.7 Å². The van der Waals surface area contributed by atoms with Crippen LogP contribution < -0.4 is 10.1 Å². The SMILES string of the molecule is CCCNC1CCC(C)CC1Oc1ccccc1Cl. The van der Waals surface area contributed by atoms with Crippen LogP contribution in [0.4, 0.5) is 0 Å². The molecule has 1 saturated carbocycles. The molecule has 0 saturated heterocycles. The minimum absolute atomic E-state index is 0.232. The van der Waals surface area contributed by atoms with Gasteiger partial charge in [0.05, 0.1) is 5.02 Å². The van der Waals surface area contributed by atoms with E-state index in [0.717, 1.165) is 31.1 Å². The Morgan fingerprint density at radius 3 is 2.84 bits per heavy atom. The molecule has 3 unspecified atom stereocenters. The number of hydrogen-bond donors (Lipinski definition) is 1. The first-order valence-corrected chi connectivity index (χ1v) is 7.73. The summed E-state index contributed by atoms with van der Waals surface area (Å²) < 4.78 is 6.17. The van der Waals surface area contributed by atoms with E-state index in [9.17, 15) is 0 Å². The van der Waals surface area contributed by atoms with E-state index in [4.69, 9.17) is 16.3 Å². The van der Waals surface area contributed by atoms with E-state index >= 15 is 0 Å². The first kappa shape index (κ1) is 14.7. The number of halogens is 1. The Kier molecular flexibility index (Phi) is 5.53. The van der Waals surface area contributed by atoms with Gasteiger partial charge in [0.2, 0.25) is 0 Å². The highest BCUT2D eigenvalue weighted by molar-refractivity contribution is 6.32. The molecule has 1 aliphatic carbocycles. The van der Waals surface area contributed by atoms with E-state index in [0.29, 0.717) is 11.1 Å². The molecule has 0 aliphatic heterocycles. The number of benzene rings is 1. The first-order valence-electron chi connectivity index (χ1n) is 7.35. The third-order valence-corrected chi connectivity index (χ3v) is 4.14. The van der Waals surface area contributed by atoms with Crippen LogP contribution in [0.25, 0.3) is 0 Å². The zero-order valence-corrected chi connectivity index (χ0v) is 12.6. The smallest absolute Gasteiger partial charge is 0.138 e. The predicted octanol–water partition coefficient (Wildman–Crippen LogP) is 4.28. The lowest BCUT2D eigenvalue weighted by atomic mass is 9.85. The minimum atomic E-state index is 0.232. The molecule has 0 radical (unpaired) electrons. The molecule has 0 heterocycles. The summed E-state index contributed by atoms with van der Waals surface area (Å²) in [7, 11) is 0. The van der Waals surface area contributed by atoms with Gasteiger partial charge in [-0.1, -0.05) is 37.6 Å². The summed E-state index contributed by atoms with van der Waals surface area (Å²) >= 11 is 6.19. The Bertz CT molecular complexity index is 394. The van der Waals surface area contributed by atoms with Gasteiger partial charge in [0, 0.05) is 6.04 Å². The van der Waals surface area contributed by atoms with E-state index in [1.54, 1.807) is 0 Å². The van der Waals surface area contributed by atoms with Crippen LogP contribution in [0.3, 0.4) is 0 Å². The highest BCUT2D eigenvalue weighted by Gasteiger charge is 2.30. The van der Waals surface area contributed by atoms with Crippen LogP contribution >= 0.6 is 11.6 Å². The number of para-hydroxylation sites is 1. The fraction of sp³-hybridized carbons (Fsp3) is 0.625. The van der Waals surface area contributed by atoms with Crippen molar-refractivity contribution in [2.75, 3.05) is 6.54 Å². The van der Waals surface area contributed by atoms with Crippen molar-refractivity contribution < 1.29 is 4.74 Å². The molecule has 1 aromatic rings. The molecule has 2 rings (SSSR count). The monoisotopic (exact) mass is 281 g/mol. The molecular formula is C16H24ClNO. The zero-order chi connectivity index (χ0) is 13.7. The predicted molar refractivity (Wildman–Crippen MR) is 81.0 cm³/mol. The Labute approximate surface area is 121 Å². The summed E-state index contributed by atoms with van der Waals surface area (Å²) in [5.41, 5.74) is 0. The Balaban J connectivity index is 2.03. The Hall–Kier alpha value is -0.730. The zero-order valence-electron chi connectivity index (χ0n) is 11.9. The van der Waals surface area contributed by atoms with Gasteiger partial charge in [0.25, 0.3) is 0 Å². The van der Waals surface area contributed by atoms with Crippen LogP contribution in [0.1, 0.15) is 39.5 Å². The summed E-state index contributed by atoms with van der Waals surface area (Å²) in [5, 5.41) is 4.32. The van der Waals surface area contributed by atoms with Crippen molar-refractivity contribution in [3.8, 4) is 5.75 Å². The topological polar surface area (TPSA) is 21.3 Å². The van der Waals surface area contributed by atoms with Crippen LogP contribution in [0.5, 0.6) is 5.75 Å². The fourth-order valence-electron chi connectivity index (χ4n) is 2.73. The summed E-state index contributed by atoms with van der Waals surface area (Å²) in [4.78, 5) is 0. The van der Waals surface area contributed by atoms with Crippen molar-refractivity contribution in [1.29, 1.82) is 0 Å². The number of ether oxygens (including phenoxy) is 1. The van der Waals surface area contributed by atoms with Gasteiger partial charge < -0.3 is 10.1 Å². The van der Waals surface area contributed by atoms with E-state index in [-0.39, 0.29) is 6.10 Å². The molecule has 0 aromatic heterocycles. The van der Waals surface area contributed by atoms with Gasteiger partial charge in [-0.15, -0.1) is 0 Å². The Morgan fingerprint density at radius 1 is 1.32 bits per heavy atom. The third-order valence-electron chi connectivity index (χ3n) is 3.83.